The normalized spacial score (nSPS) is 19.0. The van der Waals surface area contributed by atoms with E-state index in [0.29, 0.717) is 5.96 Å². The number of ether oxygens (including phenoxy) is 1. The van der Waals surface area contributed by atoms with Crippen molar-refractivity contribution in [3.63, 3.8) is 0 Å². The predicted octanol–water partition coefficient (Wildman–Crippen LogP) is 0.233. The fraction of sp³-hybridized carbons (Fsp3) is 0.737. The summed E-state index contributed by atoms with van der Waals surface area (Å²) in [5.74, 6) is 1.40. The molecule has 0 unspecified atom stereocenters. The van der Waals surface area contributed by atoms with E-state index in [2.05, 4.69) is 35.0 Å². The minimum atomic E-state index is 0. The maximum Gasteiger partial charge on any atom is 0.225 e. The van der Waals surface area contributed by atoms with Gasteiger partial charge in [-0.1, -0.05) is 0 Å². The van der Waals surface area contributed by atoms with Crippen LogP contribution in [-0.4, -0.2) is 104 Å². The summed E-state index contributed by atoms with van der Waals surface area (Å²) in [6, 6.07) is 1.85. The molecule has 1 aromatic heterocycles. The Balaban J connectivity index is 0.00000300. The number of hydrogen-bond acceptors (Lipinski definition) is 7. The molecule has 1 aromatic rings. The topological polar surface area (TPSA) is 95.1 Å². The highest BCUT2D eigenvalue weighted by atomic mass is 127. The Morgan fingerprint density at radius 3 is 2.38 bits per heavy atom. The Morgan fingerprint density at radius 1 is 1.00 bits per heavy atom. The van der Waals surface area contributed by atoms with Crippen LogP contribution in [-0.2, 0) is 4.74 Å². The molecule has 0 aromatic carbocycles. The minimum Gasteiger partial charge on any atom is -0.379 e. The average molecular weight is 518 g/mol. The predicted molar refractivity (Wildman–Crippen MR) is 127 cm³/mol. The molecule has 2 aliphatic heterocycles. The van der Waals surface area contributed by atoms with Crippen LogP contribution in [0.4, 0.5) is 5.95 Å². The van der Waals surface area contributed by atoms with Crippen LogP contribution in [0, 0.1) is 0 Å². The van der Waals surface area contributed by atoms with Crippen molar-refractivity contribution in [2.75, 3.05) is 83.6 Å². The lowest BCUT2D eigenvalue weighted by Crippen LogP contribution is -2.47. The van der Waals surface area contributed by atoms with Crippen molar-refractivity contribution >= 4 is 35.9 Å². The molecule has 0 saturated carbocycles. The van der Waals surface area contributed by atoms with Gasteiger partial charge in [0.2, 0.25) is 5.95 Å². The van der Waals surface area contributed by atoms with Gasteiger partial charge in [-0.25, -0.2) is 9.97 Å². The van der Waals surface area contributed by atoms with Gasteiger partial charge >= 0.3 is 0 Å². The summed E-state index contributed by atoms with van der Waals surface area (Å²) in [6.07, 6.45) is 5.70. The van der Waals surface area contributed by atoms with Gasteiger partial charge in [-0.15, -0.1) is 24.0 Å². The largest absolute Gasteiger partial charge is 0.379 e. The fourth-order valence-electron chi connectivity index (χ4n) is 3.52. The number of nitrogens with two attached hydrogens (primary N) is 1. The number of guanidine groups is 1. The summed E-state index contributed by atoms with van der Waals surface area (Å²) in [4.78, 5) is 20.2. The number of halogens is 1. The number of anilines is 1. The Kier molecular flexibility index (Phi) is 11.5. The van der Waals surface area contributed by atoms with Crippen LogP contribution in [0.1, 0.15) is 12.8 Å². The molecular weight excluding hydrogens is 483 g/mol. The molecule has 0 amide bonds. The van der Waals surface area contributed by atoms with E-state index in [4.69, 9.17) is 10.5 Å². The molecule has 10 heteroatoms. The van der Waals surface area contributed by atoms with E-state index >= 15 is 0 Å². The van der Waals surface area contributed by atoms with Gasteiger partial charge in [-0.05, 0) is 25.5 Å². The molecule has 29 heavy (non-hydrogen) atoms. The van der Waals surface area contributed by atoms with Gasteiger partial charge in [0.1, 0.15) is 0 Å². The second kappa shape index (κ2) is 13.9. The summed E-state index contributed by atoms with van der Waals surface area (Å²) in [7, 11) is 0. The first-order valence-corrected chi connectivity index (χ1v) is 10.4. The molecule has 9 nitrogen and oxygen atoms in total. The third kappa shape index (κ3) is 8.97. The van der Waals surface area contributed by atoms with Crippen molar-refractivity contribution < 1.29 is 4.74 Å². The Hall–Kier alpha value is -1.24. The van der Waals surface area contributed by atoms with Crippen LogP contribution in [0.2, 0.25) is 0 Å². The van der Waals surface area contributed by atoms with Gasteiger partial charge in [0, 0.05) is 71.3 Å². The smallest absolute Gasteiger partial charge is 0.225 e. The number of morpholine rings is 1. The summed E-state index contributed by atoms with van der Waals surface area (Å²) < 4.78 is 5.36. The zero-order valence-electron chi connectivity index (χ0n) is 17.2. The number of piperazine rings is 1. The standard InChI is InChI=1S/C19H34N8O.HI/c20-18(22-7-3-9-26-14-16-28-17-15-26)21-6-2-8-25-10-12-27(13-11-25)19-23-4-1-5-24-19;/h1,4-5H,2-3,6-17H2,(H3,20,21,22);1H. The van der Waals surface area contributed by atoms with Gasteiger partial charge in [-0.2, -0.15) is 0 Å². The molecular formula is C19H35IN8O. The van der Waals surface area contributed by atoms with Gasteiger partial charge < -0.3 is 20.7 Å². The van der Waals surface area contributed by atoms with E-state index in [1.807, 2.05) is 6.07 Å². The summed E-state index contributed by atoms with van der Waals surface area (Å²) in [6.45, 7) is 11.6. The maximum absolute atomic E-state index is 5.97. The molecule has 3 N–H and O–H groups in total. The molecule has 3 heterocycles. The number of nitrogens with one attached hydrogen (secondary N) is 1. The molecule has 0 bridgehead atoms. The number of nitrogens with zero attached hydrogens (tertiary/aromatic N) is 6. The van der Waals surface area contributed by atoms with Crippen LogP contribution in [0.3, 0.4) is 0 Å². The first kappa shape index (κ1) is 24.0. The SMILES string of the molecule is I.NC(=NCCCN1CCOCC1)NCCCN1CCN(c2ncccn2)CC1. The van der Waals surface area contributed by atoms with Gasteiger partial charge in [0.15, 0.2) is 5.96 Å². The lowest BCUT2D eigenvalue weighted by atomic mass is 10.3. The van der Waals surface area contributed by atoms with E-state index in [1.54, 1.807) is 12.4 Å². The lowest BCUT2D eigenvalue weighted by molar-refractivity contribution is 0.0377. The summed E-state index contributed by atoms with van der Waals surface area (Å²) in [5, 5.41) is 3.23. The molecule has 164 valence electrons. The van der Waals surface area contributed by atoms with Crippen LogP contribution in [0.15, 0.2) is 23.5 Å². The number of rotatable bonds is 9. The molecule has 2 aliphatic rings. The Morgan fingerprint density at radius 2 is 1.66 bits per heavy atom. The molecule has 0 atom stereocenters. The fourth-order valence-corrected chi connectivity index (χ4v) is 3.52. The number of hydrogen-bond donors (Lipinski definition) is 2. The van der Waals surface area contributed by atoms with Crippen LogP contribution < -0.4 is 16.0 Å². The summed E-state index contributed by atoms with van der Waals surface area (Å²) >= 11 is 0. The summed E-state index contributed by atoms with van der Waals surface area (Å²) in [5.41, 5.74) is 5.97. The first-order valence-electron chi connectivity index (χ1n) is 10.4. The van der Waals surface area contributed by atoms with Gasteiger partial charge in [0.05, 0.1) is 13.2 Å². The van der Waals surface area contributed by atoms with Crippen molar-refractivity contribution in [2.45, 2.75) is 12.8 Å². The van der Waals surface area contributed by atoms with E-state index in [-0.39, 0.29) is 24.0 Å². The highest BCUT2D eigenvalue weighted by Gasteiger charge is 2.18. The highest BCUT2D eigenvalue weighted by molar-refractivity contribution is 14.0. The van der Waals surface area contributed by atoms with Crippen LogP contribution in [0.25, 0.3) is 0 Å². The van der Waals surface area contributed by atoms with Crippen molar-refractivity contribution in [1.29, 1.82) is 0 Å². The third-order valence-corrected chi connectivity index (χ3v) is 5.18. The van der Waals surface area contributed by atoms with E-state index < -0.39 is 0 Å². The van der Waals surface area contributed by atoms with Crippen LogP contribution in [0.5, 0.6) is 0 Å². The van der Waals surface area contributed by atoms with Gasteiger partial charge in [0.25, 0.3) is 0 Å². The van der Waals surface area contributed by atoms with Gasteiger partial charge in [-0.3, -0.25) is 14.8 Å². The minimum absolute atomic E-state index is 0. The Bertz CT molecular complexity index is 577. The monoisotopic (exact) mass is 518 g/mol. The zero-order chi connectivity index (χ0) is 19.4. The molecule has 0 radical (unpaired) electrons. The first-order chi connectivity index (χ1) is 13.8. The number of aromatic nitrogens is 2. The highest BCUT2D eigenvalue weighted by Crippen LogP contribution is 2.09. The third-order valence-electron chi connectivity index (χ3n) is 5.18. The zero-order valence-corrected chi connectivity index (χ0v) is 19.5. The van der Waals surface area contributed by atoms with E-state index in [1.165, 1.54) is 0 Å². The lowest BCUT2D eigenvalue weighted by Gasteiger charge is -2.34. The quantitative estimate of drug-likeness (QED) is 0.208. The van der Waals surface area contributed by atoms with Crippen molar-refractivity contribution in [2.24, 2.45) is 10.7 Å². The van der Waals surface area contributed by atoms with Crippen LogP contribution >= 0.6 is 24.0 Å². The molecule has 2 saturated heterocycles. The van der Waals surface area contributed by atoms with Crippen molar-refractivity contribution in [3.8, 4) is 0 Å². The second-order valence-corrected chi connectivity index (χ2v) is 7.23. The number of aliphatic imine (C=N–C) groups is 1. The van der Waals surface area contributed by atoms with Crippen molar-refractivity contribution in [1.82, 2.24) is 25.1 Å². The molecule has 0 aliphatic carbocycles. The maximum atomic E-state index is 5.97. The van der Waals surface area contributed by atoms with E-state index in [9.17, 15) is 0 Å². The molecule has 3 rings (SSSR count). The van der Waals surface area contributed by atoms with Crippen molar-refractivity contribution in [3.05, 3.63) is 18.5 Å². The average Bonchev–Trinajstić information content (AvgIpc) is 2.76. The second-order valence-electron chi connectivity index (χ2n) is 7.23. The van der Waals surface area contributed by atoms with E-state index in [0.717, 1.165) is 97.5 Å². The Labute approximate surface area is 191 Å². The molecule has 2 fully saturated rings. The molecule has 0 spiro atoms.